The molecule has 2 amide bonds. The molecule has 39 heavy (non-hydrogen) atoms. The van der Waals surface area contributed by atoms with Crippen molar-refractivity contribution in [2.75, 3.05) is 5.32 Å². The predicted molar refractivity (Wildman–Crippen MR) is 139 cm³/mol. The first kappa shape index (κ1) is 26.3. The van der Waals surface area contributed by atoms with Gasteiger partial charge in [-0.15, -0.1) is 11.3 Å². The lowest BCUT2D eigenvalue weighted by Gasteiger charge is -2.11. The van der Waals surface area contributed by atoms with Gasteiger partial charge in [-0.25, -0.2) is 14.5 Å². The Balaban J connectivity index is 1.27. The highest BCUT2D eigenvalue weighted by Gasteiger charge is 2.34. The number of hydrogen-bond acceptors (Lipinski definition) is 7. The third-order valence-corrected chi connectivity index (χ3v) is 7.10. The summed E-state index contributed by atoms with van der Waals surface area (Å²) < 4.78 is 40.9. The number of fused-ring (bicyclic) bond motifs is 1. The molecule has 0 saturated heterocycles. The van der Waals surface area contributed by atoms with Crippen molar-refractivity contribution >= 4 is 46.1 Å². The highest BCUT2D eigenvalue weighted by atomic mass is 35.5. The van der Waals surface area contributed by atoms with Gasteiger partial charge in [-0.2, -0.15) is 18.3 Å². The Bertz CT molecular complexity index is 1690. The fourth-order valence-electron chi connectivity index (χ4n) is 3.69. The quantitative estimate of drug-likeness (QED) is 0.272. The number of amides is 2. The van der Waals surface area contributed by atoms with Crippen LogP contribution in [0.3, 0.4) is 0 Å². The molecule has 1 unspecified atom stereocenters. The second kappa shape index (κ2) is 10.4. The molecule has 0 aliphatic heterocycles. The van der Waals surface area contributed by atoms with E-state index in [1.807, 2.05) is 18.2 Å². The summed E-state index contributed by atoms with van der Waals surface area (Å²) >= 11 is 6.55. The number of nitrogens with zero attached hydrogens (tertiary/aromatic N) is 5. The van der Waals surface area contributed by atoms with Crippen molar-refractivity contribution < 1.29 is 22.8 Å². The molecule has 1 atom stereocenters. The van der Waals surface area contributed by atoms with E-state index in [4.69, 9.17) is 11.6 Å². The van der Waals surface area contributed by atoms with E-state index in [0.29, 0.717) is 22.2 Å². The molecule has 0 fully saturated rings. The van der Waals surface area contributed by atoms with Gasteiger partial charge in [0, 0.05) is 35.9 Å². The molecule has 0 aromatic carbocycles. The van der Waals surface area contributed by atoms with Gasteiger partial charge in [0.1, 0.15) is 15.7 Å². The van der Waals surface area contributed by atoms with Crippen molar-refractivity contribution in [3.05, 3.63) is 93.5 Å². The molecule has 198 valence electrons. The summed E-state index contributed by atoms with van der Waals surface area (Å²) in [6.07, 6.45) is 4.05. The van der Waals surface area contributed by atoms with Gasteiger partial charge >= 0.3 is 6.18 Å². The molecule has 0 aliphatic carbocycles. The fraction of sp³-hybridized carbons (Fsp3) is 0.120. The number of pyridine rings is 3. The number of nitrogens with one attached hydrogen (secondary N) is 2. The Morgan fingerprint density at radius 3 is 2.62 bits per heavy atom. The van der Waals surface area contributed by atoms with E-state index in [1.165, 1.54) is 12.4 Å². The van der Waals surface area contributed by atoms with Crippen LogP contribution in [-0.4, -0.2) is 36.4 Å². The molecule has 9 nitrogen and oxygen atoms in total. The first-order valence-corrected chi connectivity index (χ1v) is 12.5. The topological polar surface area (TPSA) is 114 Å². The summed E-state index contributed by atoms with van der Waals surface area (Å²) in [6.45, 7) is 1.70. The van der Waals surface area contributed by atoms with E-state index in [1.54, 1.807) is 36.1 Å². The predicted octanol–water partition coefficient (Wildman–Crippen LogP) is 5.66. The lowest BCUT2D eigenvalue weighted by molar-refractivity contribution is -0.137. The Labute approximate surface area is 227 Å². The Kier molecular flexibility index (Phi) is 7.02. The number of carbonyl (C=O) groups is 2. The van der Waals surface area contributed by atoms with Crippen molar-refractivity contribution in [3.63, 3.8) is 0 Å². The summed E-state index contributed by atoms with van der Waals surface area (Å²) in [5, 5.41) is 9.27. The summed E-state index contributed by atoms with van der Waals surface area (Å²) in [5.41, 5.74) is 1.63. The maximum atomic E-state index is 13.1. The van der Waals surface area contributed by atoms with E-state index in [0.717, 1.165) is 28.7 Å². The van der Waals surface area contributed by atoms with Crippen molar-refractivity contribution in [3.8, 4) is 11.1 Å². The van der Waals surface area contributed by atoms with Crippen LogP contribution in [0.4, 0.5) is 19.0 Å². The molecule has 5 aromatic rings. The lowest BCUT2D eigenvalue weighted by Crippen LogP contribution is -2.26. The molecule has 5 aromatic heterocycles. The van der Waals surface area contributed by atoms with Crippen molar-refractivity contribution in [2.45, 2.75) is 19.1 Å². The van der Waals surface area contributed by atoms with Crippen LogP contribution in [0.15, 0.2) is 67.5 Å². The average Bonchev–Trinajstić information content (AvgIpc) is 3.57. The molecule has 0 bridgehead atoms. The largest absolute Gasteiger partial charge is 0.418 e. The smallest absolute Gasteiger partial charge is 0.343 e. The number of alkyl halides is 3. The molecule has 2 N–H and O–H groups in total. The zero-order chi connectivity index (χ0) is 27.7. The zero-order valence-corrected chi connectivity index (χ0v) is 21.5. The van der Waals surface area contributed by atoms with Crippen LogP contribution in [0, 0.1) is 0 Å². The molecule has 0 radical (unpaired) electrons. The Hall–Kier alpha value is -4.36. The van der Waals surface area contributed by atoms with Crippen LogP contribution in [0.25, 0.3) is 16.6 Å². The normalized spacial score (nSPS) is 12.3. The monoisotopic (exact) mass is 571 g/mol. The highest BCUT2D eigenvalue weighted by Crippen LogP contribution is 2.35. The van der Waals surface area contributed by atoms with Gasteiger partial charge in [-0.3, -0.25) is 14.6 Å². The average molecular weight is 572 g/mol. The van der Waals surface area contributed by atoms with Crippen molar-refractivity contribution in [2.24, 2.45) is 0 Å². The van der Waals surface area contributed by atoms with Crippen molar-refractivity contribution in [1.29, 1.82) is 0 Å². The Morgan fingerprint density at radius 2 is 1.87 bits per heavy atom. The number of rotatable bonds is 6. The molecule has 5 heterocycles. The number of thiazole rings is 1. The van der Waals surface area contributed by atoms with Gasteiger partial charge in [0.15, 0.2) is 0 Å². The summed E-state index contributed by atoms with van der Waals surface area (Å²) in [7, 11) is 0. The first-order valence-electron chi connectivity index (χ1n) is 11.3. The lowest BCUT2D eigenvalue weighted by atomic mass is 10.1. The number of hydrogen-bond donors (Lipinski definition) is 2. The van der Waals surface area contributed by atoms with Gasteiger partial charge in [0.2, 0.25) is 0 Å². The molecule has 0 saturated carbocycles. The maximum Gasteiger partial charge on any atom is 0.418 e. The van der Waals surface area contributed by atoms with Crippen molar-refractivity contribution in [1.82, 2.24) is 29.9 Å². The van der Waals surface area contributed by atoms with E-state index < -0.39 is 34.6 Å². The summed E-state index contributed by atoms with van der Waals surface area (Å²) in [6, 6.07) is 7.49. The molecule has 14 heteroatoms. The highest BCUT2D eigenvalue weighted by molar-refractivity contribution is 7.13. The van der Waals surface area contributed by atoms with E-state index in [9.17, 15) is 22.8 Å². The Morgan fingerprint density at radius 1 is 1.05 bits per heavy atom. The van der Waals surface area contributed by atoms with Crippen LogP contribution < -0.4 is 10.6 Å². The minimum absolute atomic E-state index is 0.121. The van der Waals surface area contributed by atoms with Gasteiger partial charge < -0.3 is 10.6 Å². The zero-order valence-electron chi connectivity index (χ0n) is 19.9. The van der Waals surface area contributed by atoms with Crippen LogP contribution in [0.5, 0.6) is 0 Å². The third kappa shape index (κ3) is 5.59. The first-order chi connectivity index (χ1) is 18.6. The summed E-state index contributed by atoms with van der Waals surface area (Å²) in [5.74, 6) is -1.40. The number of halogens is 4. The number of aromatic nitrogens is 5. The van der Waals surface area contributed by atoms with Gasteiger partial charge in [-0.1, -0.05) is 23.7 Å². The van der Waals surface area contributed by atoms with Crippen LogP contribution in [0.2, 0.25) is 5.02 Å². The maximum absolute atomic E-state index is 13.1. The second-order valence-electron chi connectivity index (χ2n) is 8.31. The SMILES string of the molecule is CC(NC(=O)c1cnn2cc(-c3cccnc3)ccc12)c1ncc(C(=O)Nc2cc(C(F)(F)F)c(Cl)cn2)s1. The molecule has 0 aliphatic rings. The van der Waals surface area contributed by atoms with Crippen LogP contribution >= 0.6 is 22.9 Å². The number of carbonyl (C=O) groups excluding carboxylic acids is 2. The molecule has 5 rings (SSSR count). The van der Waals surface area contributed by atoms with E-state index in [-0.39, 0.29) is 10.7 Å². The van der Waals surface area contributed by atoms with E-state index in [2.05, 4.69) is 30.7 Å². The standard InChI is InChI=1S/C25H17ClF3N7O2S/c1-13(24-32-11-20(39-24)23(38)35-21-7-17(25(27,28)29)18(26)10-31-21)34-22(37)16-9-33-36-12-15(4-5-19(16)36)14-3-2-6-30-8-14/h2-13H,1H3,(H,34,37)(H,31,35,38). The van der Waals surface area contributed by atoms with Crippen LogP contribution in [0.1, 0.15) is 43.6 Å². The fourth-order valence-corrected chi connectivity index (χ4v) is 4.72. The van der Waals surface area contributed by atoms with E-state index >= 15 is 0 Å². The third-order valence-electron chi connectivity index (χ3n) is 5.62. The molecular formula is C25H17ClF3N7O2S. The summed E-state index contributed by atoms with van der Waals surface area (Å²) in [4.78, 5) is 37.7. The van der Waals surface area contributed by atoms with Gasteiger partial charge in [0.25, 0.3) is 11.8 Å². The number of anilines is 1. The second-order valence-corrected chi connectivity index (χ2v) is 9.78. The van der Waals surface area contributed by atoms with Gasteiger partial charge in [0.05, 0.1) is 40.1 Å². The molecule has 0 spiro atoms. The van der Waals surface area contributed by atoms with Crippen LogP contribution in [-0.2, 0) is 6.18 Å². The molecular weight excluding hydrogens is 555 g/mol. The van der Waals surface area contributed by atoms with Gasteiger partial charge in [-0.05, 0) is 25.1 Å². The minimum Gasteiger partial charge on any atom is -0.343 e. The minimum atomic E-state index is -4.70.